The van der Waals surface area contributed by atoms with Gasteiger partial charge >= 0.3 is 0 Å². The summed E-state index contributed by atoms with van der Waals surface area (Å²) < 4.78 is 44.7. The number of hydrogen-bond donors (Lipinski definition) is 1. The second-order valence-corrected chi connectivity index (χ2v) is 8.49. The summed E-state index contributed by atoms with van der Waals surface area (Å²) in [5.41, 5.74) is 3.26. The van der Waals surface area contributed by atoms with Crippen molar-refractivity contribution in [2.75, 3.05) is 5.32 Å². The van der Waals surface area contributed by atoms with Crippen LogP contribution in [0.3, 0.4) is 0 Å². The molecule has 0 bridgehead atoms. The summed E-state index contributed by atoms with van der Waals surface area (Å²) in [6, 6.07) is 15.4. The largest absolute Gasteiger partial charge is 0.358 e. The lowest BCUT2D eigenvalue weighted by Crippen LogP contribution is -2.12. The molecule has 0 amide bonds. The maximum atomic E-state index is 15.4. The number of benzene rings is 3. The van der Waals surface area contributed by atoms with Crippen molar-refractivity contribution >= 4 is 5.69 Å². The van der Waals surface area contributed by atoms with Crippen LogP contribution in [0, 0.1) is 17.5 Å². The Balaban J connectivity index is 1.93. The van der Waals surface area contributed by atoms with Crippen molar-refractivity contribution in [3.05, 3.63) is 101 Å². The molecule has 3 aromatic carbocycles. The van der Waals surface area contributed by atoms with E-state index in [4.69, 9.17) is 0 Å². The van der Waals surface area contributed by atoms with Crippen LogP contribution in [0.2, 0.25) is 0 Å². The first kappa shape index (κ1) is 24.6. The van der Waals surface area contributed by atoms with Crippen LogP contribution in [0.1, 0.15) is 69.1 Å². The quantitative estimate of drug-likeness (QED) is 0.342. The first-order valence-electron chi connectivity index (χ1n) is 11.6. The van der Waals surface area contributed by atoms with Gasteiger partial charge in [-0.05, 0) is 48.4 Å². The summed E-state index contributed by atoms with van der Waals surface area (Å²) >= 11 is 0. The van der Waals surface area contributed by atoms with Crippen LogP contribution in [0.4, 0.5) is 18.9 Å². The molecule has 0 heterocycles. The van der Waals surface area contributed by atoms with E-state index in [9.17, 15) is 4.39 Å². The molecule has 3 rings (SSSR count). The Labute approximate surface area is 195 Å². The van der Waals surface area contributed by atoms with Gasteiger partial charge in [-0.25, -0.2) is 13.2 Å². The van der Waals surface area contributed by atoms with Gasteiger partial charge in [-0.1, -0.05) is 76.7 Å². The molecule has 174 valence electrons. The predicted octanol–water partition coefficient (Wildman–Crippen LogP) is 8.97. The van der Waals surface area contributed by atoms with E-state index in [0.29, 0.717) is 29.3 Å². The highest BCUT2D eigenvalue weighted by Gasteiger charge is 2.22. The molecule has 0 fully saturated rings. The second-order valence-electron chi connectivity index (χ2n) is 8.49. The molecule has 33 heavy (non-hydrogen) atoms. The maximum absolute atomic E-state index is 15.4. The Hall–Kier alpha value is -3.01. The van der Waals surface area contributed by atoms with E-state index < -0.39 is 17.5 Å². The standard InChI is InChI=1S/C29H32F3N/c1-6-18(4)20-13-15-21(16-14-20)22(7-2)19(5)33-27-17-26(31)28(29(32)23(27)8-3)24-11-9-10-12-25(24)30/h9-18,22,33H,5-8H2,1-4H3. The zero-order valence-corrected chi connectivity index (χ0v) is 19.8. The normalized spacial score (nSPS) is 12.9. The van der Waals surface area contributed by atoms with Crippen LogP contribution in [0.5, 0.6) is 0 Å². The third-order valence-electron chi connectivity index (χ3n) is 6.46. The summed E-state index contributed by atoms with van der Waals surface area (Å²) in [5.74, 6) is -1.74. The lowest BCUT2D eigenvalue weighted by atomic mass is 9.90. The van der Waals surface area contributed by atoms with Crippen LogP contribution in [0.15, 0.2) is 66.9 Å². The molecule has 1 nitrogen and oxygen atoms in total. The minimum atomic E-state index is -0.809. The number of nitrogens with one attached hydrogen (secondary N) is 1. The first-order valence-corrected chi connectivity index (χ1v) is 11.6. The van der Waals surface area contributed by atoms with Gasteiger partial charge in [-0.15, -0.1) is 0 Å². The van der Waals surface area contributed by atoms with Gasteiger partial charge in [0.15, 0.2) is 0 Å². The molecule has 4 heteroatoms. The number of hydrogen-bond acceptors (Lipinski definition) is 1. The first-order chi connectivity index (χ1) is 15.8. The lowest BCUT2D eigenvalue weighted by molar-refractivity contribution is 0.574. The van der Waals surface area contributed by atoms with Crippen molar-refractivity contribution in [3.8, 4) is 11.1 Å². The van der Waals surface area contributed by atoms with Gasteiger partial charge in [0.1, 0.15) is 17.5 Å². The highest BCUT2D eigenvalue weighted by molar-refractivity contribution is 5.71. The van der Waals surface area contributed by atoms with E-state index in [1.54, 1.807) is 13.0 Å². The molecule has 0 spiro atoms. The fraction of sp³-hybridized carbons (Fsp3) is 0.310. The van der Waals surface area contributed by atoms with E-state index in [0.717, 1.165) is 18.4 Å². The van der Waals surface area contributed by atoms with Gasteiger partial charge in [-0.2, -0.15) is 0 Å². The van der Waals surface area contributed by atoms with E-state index in [2.05, 4.69) is 56.9 Å². The Morgan fingerprint density at radius 3 is 2.09 bits per heavy atom. The Kier molecular flexibility index (Phi) is 8.01. The molecule has 0 saturated carbocycles. The van der Waals surface area contributed by atoms with E-state index in [1.165, 1.54) is 29.8 Å². The van der Waals surface area contributed by atoms with E-state index >= 15 is 8.78 Å². The molecular weight excluding hydrogens is 419 g/mol. The Morgan fingerprint density at radius 1 is 0.879 bits per heavy atom. The number of rotatable bonds is 9. The van der Waals surface area contributed by atoms with Gasteiger partial charge in [0.25, 0.3) is 0 Å². The van der Waals surface area contributed by atoms with Crippen molar-refractivity contribution in [1.82, 2.24) is 0 Å². The zero-order valence-electron chi connectivity index (χ0n) is 19.8. The van der Waals surface area contributed by atoms with Crippen LogP contribution >= 0.6 is 0 Å². The summed E-state index contributed by atoms with van der Waals surface area (Å²) in [6.45, 7) is 12.4. The summed E-state index contributed by atoms with van der Waals surface area (Å²) in [7, 11) is 0. The third kappa shape index (κ3) is 5.16. The lowest BCUT2D eigenvalue weighted by Gasteiger charge is -2.23. The monoisotopic (exact) mass is 451 g/mol. The average Bonchev–Trinajstić information content (AvgIpc) is 2.80. The number of anilines is 1. The molecular formula is C29H32F3N. The van der Waals surface area contributed by atoms with Gasteiger partial charge in [0.2, 0.25) is 0 Å². The molecule has 2 atom stereocenters. The molecule has 0 aromatic heterocycles. The molecule has 0 aliphatic heterocycles. The van der Waals surface area contributed by atoms with Gasteiger partial charge in [-0.3, -0.25) is 0 Å². The van der Waals surface area contributed by atoms with Crippen LogP contribution in [-0.4, -0.2) is 0 Å². The van der Waals surface area contributed by atoms with Crippen molar-refractivity contribution in [2.24, 2.45) is 0 Å². The smallest absolute Gasteiger partial charge is 0.139 e. The molecule has 0 saturated heterocycles. The molecule has 0 aliphatic rings. The summed E-state index contributed by atoms with van der Waals surface area (Å²) in [4.78, 5) is 0. The van der Waals surface area contributed by atoms with Crippen molar-refractivity contribution in [2.45, 2.75) is 58.8 Å². The predicted molar refractivity (Wildman–Crippen MR) is 132 cm³/mol. The van der Waals surface area contributed by atoms with Crippen molar-refractivity contribution in [1.29, 1.82) is 0 Å². The third-order valence-corrected chi connectivity index (χ3v) is 6.46. The minimum Gasteiger partial charge on any atom is -0.358 e. The highest BCUT2D eigenvalue weighted by atomic mass is 19.1. The fourth-order valence-corrected chi connectivity index (χ4v) is 4.26. The van der Waals surface area contributed by atoms with Crippen LogP contribution < -0.4 is 5.32 Å². The highest BCUT2D eigenvalue weighted by Crippen LogP contribution is 2.36. The van der Waals surface area contributed by atoms with Crippen molar-refractivity contribution in [3.63, 3.8) is 0 Å². The Bertz CT molecular complexity index is 1120. The van der Waals surface area contributed by atoms with Gasteiger partial charge in [0.05, 0.1) is 5.56 Å². The summed E-state index contributed by atoms with van der Waals surface area (Å²) in [6.07, 6.45) is 2.18. The number of halogens is 3. The molecule has 1 N–H and O–H groups in total. The molecule has 0 aliphatic carbocycles. The van der Waals surface area contributed by atoms with Crippen molar-refractivity contribution < 1.29 is 13.2 Å². The molecule has 0 radical (unpaired) electrons. The Morgan fingerprint density at radius 2 is 1.52 bits per heavy atom. The van der Waals surface area contributed by atoms with Crippen LogP contribution in [-0.2, 0) is 6.42 Å². The molecule has 3 aromatic rings. The maximum Gasteiger partial charge on any atom is 0.139 e. The average molecular weight is 452 g/mol. The zero-order chi connectivity index (χ0) is 24.1. The number of allylic oxidation sites excluding steroid dienone is 1. The SMILES string of the molecule is C=C(Nc1cc(F)c(-c2ccccc2F)c(F)c1CC)C(CC)c1ccc(C(C)CC)cc1. The topological polar surface area (TPSA) is 12.0 Å². The van der Waals surface area contributed by atoms with E-state index in [-0.39, 0.29) is 17.0 Å². The van der Waals surface area contributed by atoms with Crippen LogP contribution in [0.25, 0.3) is 11.1 Å². The fourth-order valence-electron chi connectivity index (χ4n) is 4.26. The second kappa shape index (κ2) is 10.7. The van der Waals surface area contributed by atoms with E-state index in [1.807, 2.05) is 0 Å². The summed E-state index contributed by atoms with van der Waals surface area (Å²) in [5, 5.41) is 3.17. The van der Waals surface area contributed by atoms with Gasteiger partial charge in [0, 0.05) is 28.4 Å². The minimum absolute atomic E-state index is 0.0157. The van der Waals surface area contributed by atoms with Gasteiger partial charge < -0.3 is 5.32 Å². The molecule has 2 unspecified atom stereocenters.